The van der Waals surface area contributed by atoms with Crippen LogP contribution >= 0.6 is 0 Å². The van der Waals surface area contributed by atoms with E-state index in [1.165, 1.54) is 6.92 Å². The predicted molar refractivity (Wildman–Crippen MR) is 57.9 cm³/mol. The van der Waals surface area contributed by atoms with Crippen molar-refractivity contribution in [3.63, 3.8) is 0 Å². The maximum Gasteiger partial charge on any atom is 0.447 e. The van der Waals surface area contributed by atoms with Gasteiger partial charge in [-0.25, -0.2) is 0 Å². The number of nitrogens with zero attached hydrogens (tertiary/aromatic N) is 1. The fourth-order valence-corrected chi connectivity index (χ4v) is 1.40. The average Bonchev–Trinajstić information content (AvgIpc) is 2.35. The van der Waals surface area contributed by atoms with Crippen molar-refractivity contribution in [2.45, 2.75) is 19.1 Å². The molecule has 100 valence electrons. The zero-order valence-corrected chi connectivity index (χ0v) is 9.80. The minimum atomic E-state index is -5.31. The van der Waals surface area contributed by atoms with E-state index in [0.29, 0.717) is 10.5 Å². The van der Waals surface area contributed by atoms with E-state index in [0.717, 1.165) is 7.05 Å². The van der Waals surface area contributed by atoms with Crippen LogP contribution in [-0.2, 0) is 0 Å². The van der Waals surface area contributed by atoms with E-state index in [-0.39, 0.29) is 0 Å². The molecule has 0 amide bonds. The summed E-state index contributed by atoms with van der Waals surface area (Å²) in [7, 11) is 1.07. The van der Waals surface area contributed by atoms with Crippen LogP contribution in [0.3, 0.4) is 0 Å². The van der Waals surface area contributed by atoms with E-state index < -0.39 is 24.0 Å². The number of halogens is 5. The van der Waals surface area contributed by atoms with E-state index >= 15 is 0 Å². The van der Waals surface area contributed by atoms with Gasteiger partial charge >= 0.3 is 6.18 Å². The zero-order valence-electron chi connectivity index (χ0n) is 9.80. The lowest BCUT2D eigenvalue weighted by Crippen LogP contribution is -2.23. The Morgan fingerprint density at radius 1 is 1.11 bits per heavy atom. The SMILES string of the molecule is C[C@@H](c1ccccc1)N(C)/C(F)=C(/F)C(F)(F)F. The second kappa shape index (κ2) is 5.37. The van der Waals surface area contributed by atoms with Crippen LogP contribution < -0.4 is 0 Å². The third kappa shape index (κ3) is 3.21. The Kier molecular flexibility index (Phi) is 4.32. The second-order valence-electron chi connectivity index (χ2n) is 3.80. The van der Waals surface area contributed by atoms with Crippen LogP contribution in [0.25, 0.3) is 0 Å². The standard InChI is InChI=1S/C12H12F5N/c1-8(9-6-4-3-5-7-9)18(2)11(14)10(13)12(15,16)17/h3-8H,1-2H3/b11-10+/t8-/m0/s1. The quantitative estimate of drug-likeness (QED) is 0.580. The van der Waals surface area contributed by atoms with E-state index in [1.807, 2.05) is 0 Å². The third-order valence-electron chi connectivity index (χ3n) is 2.60. The highest BCUT2D eigenvalue weighted by atomic mass is 19.4. The van der Waals surface area contributed by atoms with E-state index in [2.05, 4.69) is 0 Å². The number of allylic oxidation sites excluding steroid dienone is 1. The molecule has 0 spiro atoms. The summed E-state index contributed by atoms with van der Waals surface area (Å²) in [4.78, 5) is 0.609. The molecule has 18 heavy (non-hydrogen) atoms. The molecule has 1 aromatic carbocycles. The second-order valence-corrected chi connectivity index (χ2v) is 3.80. The molecular weight excluding hydrogens is 253 g/mol. The lowest BCUT2D eigenvalue weighted by molar-refractivity contribution is -0.113. The highest BCUT2D eigenvalue weighted by Crippen LogP contribution is 2.33. The summed E-state index contributed by atoms with van der Waals surface area (Å²) in [5.41, 5.74) is 0.588. The topological polar surface area (TPSA) is 3.24 Å². The lowest BCUT2D eigenvalue weighted by Gasteiger charge is -2.25. The molecule has 1 nitrogen and oxygen atoms in total. The summed E-state index contributed by atoms with van der Waals surface area (Å²) < 4.78 is 62.2. The molecule has 0 heterocycles. The zero-order chi connectivity index (χ0) is 13.9. The van der Waals surface area contributed by atoms with Gasteiger partial charge < -0.3 is 4.90 Å². The van der Waals surface area contributed by atoms with Gasteiger partial charge in [-0.05, 0) is 12.5 Å². The molecule has 0 fully saturated rings. The van der Waals surface area contributed by atoms with Crippen molar-refractivity contribution < 1.29 is 22.0 Å². The predicted octanol–water partition coefficient (Wildman–Crippen LogP) is 4.35. The molecule has 0 saturated carbocycles. The van der Waals surface area contributed by atoms with Crippen molar-refractivity contribution in [3.8, 4) is 0 Å². The number of alkyl halides is 3. The van der Waals surface area contributed by atoms with Gasteiger partial charge in [-0.3, -0.25) is 0 Å². The number of rotatable bonds is 3. The molecule has 0 saturated heterocycles. The summed E-state index contributed by atoms with van der Waals surface area (Å²) in [5.74, 6) is -4.63. The molecular formula is C12H12F5N. The summed E-state index contributed by atoms with van der Waals surface area (Å²) in [6.07, 6.45) is -5.31. The first-order chi connectivity index (χ1) is 8.25. The van der Waals surface area contributed by atoms with Crippen molar-refractivity contribution in [2.75, 3.05) is 7.05 Å². The van der Waals surface area contributed by atoms with Gasteiger partial charge in [-0.15, -0.1) is 0 Å². The number of hydrogen-bond donors (Lipinski definition) is 0. The molecule has 1 aromatic rings. The van der Waals surface area contributed by atoms with Gasteiger partial charge in [0.05, 0.1) is 6.04 Å². The van der Waals surface area contributed by atoms with Crippen molar-refractivity contribution in [2.24, 2.45) is 0 Å². The third-order valence-corrected chi connectivity index (χ3v) is 2.60. The molecule has 0 aliphatic heterocycles. The molecule has 0 unspecified atom stereocenters. The van der Waals surface area contributed by atoms with Crippen LogP contribution in [0.1, 0.15) is 18.5 Å². The van der Waals surface area contributed by atoms with Gasteiger partial charge in [-0.1, -0.05) is 30.3 Å². The summed E-state index contributed by atoms with van der Waals surface area (Å²) in [6, 6.07) is 7.60. The van der Waals surface area contributed by atoms with Crippen molar-refractivity contribution in [3.05, 3.63) is 47.7 Å². The number of hydrogen-bond acceptors (Lipinski definition) is 1. The minimum Gasteiger partial charge on any atom is -0.342 e. The first-order valence-electron chi connectivity index (χ1n) is 5.15. The van der Waals surface area contributed by atoms with Crippen LogP contribution in [0.4, 0.5) is 22.0 Å². The van der Waals surface area contributed by atoms with Gasteiger partial charge in [-0.2, -0.15) is 22.0 Å². The summed E-state index contributed by atoms with van der Waals surface area (Å²) >= 11 is 0. The maximum atomic E-state index is 13.3. The van der Waals surface area contributed by atoms with Gasteiger partial charge in [0, 0.05) is 7.05 Å². The Bertz CT molecular complexity index is 424. The molecule has 0 N–H and O–H groups in total. The Morgan fingerprint density at radius 3 is 2.06 bits per heavy atom. The molecule has 6 heteroatoms. The molecule has 0 aliphatic rings. The van der Waals surface area contributed by atoms with Crippen LogP contribution in [0.2, 0.25) is 0 Å². The van der Waals surface area contributed by atoms with Gasteiger partial charge in [0.15, 0.2) is 0 Å². The Hall–Kier alpha value is -1.59. The molecule has 0 aromatic heterocycles. The Morgan fingerprint density at radius 2 is 1.61 bits per heavy atom. The first-order valence-corrected chi connectivity index (χ1v) is 5.15. The Labute approximate surface area is 102 Å². The average molecular weight is 265 g/mol. The fraction of sp³-hybridized carbons (Fsp3) is 0.333. The summed E-state index contributed by atoms with van der Waals surface area (Å²) in [6.45, 7) is 1.48. The maximum absolute atomic E-state index is 13.3. The van der Waals surface area contributed by atoms with E-state index in [9.17, 15) is 22.0 Å². The number of benzene rings is 1. The van der Waals surface area contributed by atoms with Crippen LogP contribution in [0.15, 0.2) is 42.1 Å². The van der Waals surface area contributed by atoms with E-state index in [4.69, 9.17) is 0 Å². The molecule has 0 bridgehead atoms. The minimum absolute atomic E-state index is 0.588. The van der Waals surface area contributed by atoms with Gasteiger partial charge in [0.25, 0.3) is 5.83 Å². The molecule has 1 atom stereocenters. The Balaban J connectivity index is 2.98. The molecule has 1 rings (SSSR count). The molecule has 0 radical (unpaired) electrons. The molecule has 0 aliphatic carbocycles. The monoisotopic (exact) mass is 265 g/mol. The lowest BCUT2D eigenvalue weighted by atomic mass is 10.1. The van der Waals surface area contributed by atoms with Gasteiger partial charge in [0.1, 0.15) is 0 Å². The van der Waals surface area contributed by atoms with Gasteiger partial charge in [0.2, 0.25) is 5.95 Å². The smallest absolute Gasteiger partial charge is 0.342 e. The van der Waals surface area contributed by atoms with Crippen molar-refractivity contribution in [1.29, 1.82) is 0 Å². The highest BCUT2D eigenvalue weighted by molar-refractivity contribution is 5.20. The van der Waals surface area contributed by atoms with E-state index in [1.54, 1.807) is 30.3 Å². The fourth-order valence-electron chi connectivity index (χ4n) is 1.40. The highest BCUT2D eigenvalue weighted by Gasteiger charge is 2.39. The van der Waals surface area contributed by atoms with Crippen LogP contribution in [0, 0.1) is 0 Å². The summed E-state index contributed by atoms with van der Waals surface area (Å²) in [5, 5.41) is 0. The van der Waals surface area contributed by atoms with Crippen LogP contribution in [0.5, 0.6) is 0 Å². The van der Waals surface area contributed by atoms with Crippen molar-refractivity contribution >= 4 is 0 Å². The van der Waals surface area contributed by atoms with Crippen LogP contribution in [-0.4, -0.2) is 18.1 Å². The normalized spacial score (nSPS) is 15.1. The largest absolute Gasteiger partial charge is 0.447 e. The van der Waals surface area contributed by atoms with Crippen molar-refractivity contribution in [1.82, 2.24) is 4.90 Å². The first kappa shape index (κ1) is 14.5.